The number of hydrogen-bond donors (Lipinski definition) is 0. The topological polar surface area (TPSA) is 17.1 Å². The van der Waals surface area contributed by atoms with E-state index >= 15 is 0 Å². The predicted octanol–water partition coefficient (Wildman–Crippen LogP) is 2.96. The van der Waals surface area contributed by atoms with Crippen LogP contribution in [-0.2, 0) is 4.79 Å². The maximum Gasteiger partial charge on any atom is 0.158 e. The first-order valence-electron chi connectivity index (χ1n) is 4.92. The fourth-order valence-corrected chi connectivity index (χ4v) is 2.03. The van der Waals surface area contributed by atoms with Crippen molar-refractivity contribution in [3.8, 4) is 0 Å². The van der Waals surface area contributed by atoms with Crippen molar-refractivity contribution in [1.82, 2.24) is 0 Å². The summed E-state index contributed by atoms with van der Waals surface area (Å²) < 4.78 is 0. The molecule has 0 heterocycles. The number of hydrogen-bond acceptors (Lipinski definition) is 1. The molecule has 0 aromatic heterocycles. The van der Waals surface area contributed by atoms with E-state index in [4.69, 9.17) is 0 Å². The Bertz CT molecular complexity index is 181. The van der Waals surface area contributed by atoms with E-state index in [1.54, 1.807) is 6.08 Å². The molecule has 0 bridgehead atoms. The molecule has 0 aromatic carbocycles. The largest absolute Gasteiger partial charge is 0.295 e. The van der Waals surface area contributed by atoms with Gasteiger partial charge in [-0.1, -0.05) is 32.3 Å². The van der Waals surface area contributed by atoms with Crippen molar-refractivity contribution in [3.63, 3.8) is 0 Å². The highest BCUT2D eigenvalue weighted by Crippen LogP contribution is 2.30. The maximum absolute atomic E-state index is 11.5. The normalized spacial score (nSPS) is 30.8. The molecule has 0 aliphatic heterocycles. The van der Waals surface area contributed by atoms with Crippen LogP contribution in [0.15, 0.2) is 12.2 Å². The van der Waals surface area contributed by atoms with Gasteiger partial charge in [-0.05, 0) is 25.3 Å². The quantitative estimate of drug-likeness (QED) is 0.576. The highest BCUT2D eigenvalue weighted by molar-refractivity contribution is 5.91. The highest BCUT2D eigenvalue weighted by Gasteiger charge is 2.25. The predicted molar refractivity (Wildman–Crippen MR) is 50.9 cm³/mol. The number of rotatable bonds is 2. The third-order valence-electron chi connectivity index (χ3n) is 2.81. The smallest absolute Gasteiger partial charge is 0.158 e. The Balaban J connectivity index is 2.53. The average molecular weight is 166 g/mol. The molecule has 0 saturated heterocycles. The molecule has 0 aromatic rings. The Hall–Kier alpha value is -0.590. The van der Waals surface area contributed by atoms with E-state index in [0.717, 1.165) is 6.42 Å². The first-order valence-corrected chi connectivity index (χ1v) is 4.92. The molecule has 68 valence electrons. The van der Waals surface area contributed by atoms with Crippen LogP contribution >= 0.6 is 0 Å². The van der Waals surface area contributed by atoms with E-state index in [1.165, 1.54) is 19.3 Å². The van der Waals surface area contributed by atoms with Crippen molar-refractivity contribution in [2.75, 3.05) is 0 Å². The van der Waals surface area contributed by atoms with Crippen molar-refractivity contribution < 1.29 is 4.79 Å². The summed E-state index contributed by atoms with van der Waals surface area (Å²) in [6.07, 6.45) is 8.45. The Kier molecular flexibility index (Phi) is 3.51. The van der Waals surface area contributed by atoms with Gasteiger partial charge in [0.1, 0.15) is 0 Å². The van der Waals surface area contributed by atoms with Gasteiger partial charge in [-0.25, -0.2) is 0 Å². The van der Waals surface area contributed by atoms with Gasteiger partial charge in [0.25, 0.3) is 0 Å². The van der Waals surface area contributed by atoms with Gasteiger partial charge < -0.3 is 0 Å². The van der Waals surface area contributed by atoms with Gasteiger partial charge in [0.05, 0.1) is 0 Å². The van der Waals surface area contributed by atoms with Crippen LogP contribution in [0.25, 0.3) is 0 Å². The molecule has 12 heavy (non-hydrogen) atoms. The Labute approximate surface area is 74.9 Å². The van der Waals surface area contributed by atoms with E-state index in [0.29, 0.717) is 17.6 Å². The molecule has 0 N–H and O–H groups in total. The molecule has 2 unspecified atom stereocenters. The van der Waals surface area contributed by atoms with E-state index in [9.17, 15) is 4.79 Å². The van der Waals surface area contributed by atoms with E-state index < -0.39 is 0 Å². The summed E-state index contributed by atoms with van der Waals surface area (Å²) in [4.78, 5) is 11.5. The minimum Gasteiger partial charge on any atom is -0.295 e. The molecule has 1 aliphatic rings. The number of carbonyl (C=O) groups excluding carboxylic acids is 1. The molecule has 1 aliphatic carbocycles. The first kappa shape index (κ1) is 9.50. The van der Waals surface area contributed by atoms with E-state index in [1.807, 2.05) is 13.0 Å². The Morgan fingerprint density at radius 1 is 1.33 bits per heavy atom. The second-order valence-corrected chi connectivity index (χ2v) is 3.77. The summed E-state index contributed by atoms with van der Waals surface area (Å²) >= 11 is 0. The molecule has 0 amide bonds. The van der Waals surface area contributed by atoms with Crippen molar-refractivity contribution >= 4 is 5.78 Å². The maximum atomic E-state index is 11.5. The van der Waals surface area contributed by atoms with Crippen LogP contribution in [-0.4, -0.2) is 5.78 Å². The lowest BCUT2D eigenvalue weighted by Gasteiger charge is -2.26. The van der Waals surface area contributed by atoms with Crippen LogP contribution in [0.4, 0.5) is 0 Å². The number of ketones is 1. The summed E-state index contributed by atoms with van der Waals surface area (Å²) in [5, 5.41) is 0. The third kappa shape index (κ3) is 2.20. The molecule has 0 radical (unpaired) electrons. The zero-order chi connectivity index (χ0) is 8.97. The minimum atomic E-state index is 0.315. The SMILES string of the molecule is C/C=C/C(=O)C1CCCCC1C. The van der Waals surface area contributed by atoms with Crippen LogP contribution < -0.4 is 0 Å². The van der Waals surface area contributed by atoms with Gasteiger partial charge in [0.2, 0.25) is 0 Å². The average Bonchev–Trinajstić information content (AvgIpc) is 2.05. The van der Waals surface area contributed by atoms with Crippen LogP contribution in [0.2, 0.25) is 0 Å². The summed E-state index contributed by atoms with van der Waals surface area (Å²) in [7, 11) is 0. The molecule has 2 atom stereocenters. The molecular formula is C11H18O. The second kappa shape index (κ2) is 4.44. The van der Waals surface area contributed by atoms with Gasteiger partial charge in [0, 0.05) is 5.92 Å². The van der Waals surface area contributed by atoms with Gasteiger partial charge >= 0.3 is 0 Å². The lowest BCUT2D eigenvalue weighted by molar-refractivity contribution is -0.120. The molecule has 1 nitrogen and oxygen atoms in total. The van der Waals surface area contributed by atoms with Crippen molar-refractivity contribution in [1.29, 1.82) is 0 Å². The molecule has 1 saturated carbocycles. The van der Waals surface area contributed by atoms with Gasteiger partial charge in [-0.3, -0.25) is 4.79 Å². The number of allylic oxidation sites excluding steroid dienone is 2. The standard InChI is InChI=1S/C11H18O/c1-3-6-11(12)10-8-5-4-7-9(10)2/h3,6,9-10H,4-5,7-8H2,1-2H3/b6-3+. The summed E-state index contributed by atoms with van der Waals surface area (Å²) in [5.41, 5.74) is 0. The van der Waals surface area contributed by atoms with Gasteiger partial charge in [-0.2, -0.15) is 0 Å². The van der Waals surface area contributed by atoms with Crippen molar-refractivity contribution in [3.05, 3.63) is 12.2 Å². The van der Waals surface area contributed by atoms with Crippen LogP contribution in [0.5, 0.6) is 0 Å². The molecule has 1 fully saturated rings. The van der Waals surface area contributed by atoms with Gasteiger partial charge in [-0.15, -0.1) is 0 Å². The van der Waals surface area contributed by atoms with Crippen LogP contribution in [0.3, 0.4) is 0 Å². The van der Waals surface area contributed by atoms with Gasteiger partial charge in [0.15, 0.2) is 5.78 Å². The van der Waals surface area contributed by atoms with E-state index in [-0.39, 0.29) is 0 Å². The van der Waals surface area contributed by atoms with E-state index in [2.05, 4.69) is 6.92 Å². The fraction of sp³-hybridized carbons (Fsp3) is 0.727. The third-order valence-corrected chi connectivity index (χ3v) is 2.81. The van der Waals surface area contributed by atoms with Crippen molar-refractivity contribution in [2.24, 2.45) is 11.8 Å². The zero-order valence-corrected chi connectivity index (χ0v) is 8.05. The van der Waals surface area contributed by atoms with Crippen molar-refractivity contribution in [2.45, 2.75) is 39.5 Å². The Morgan fingerprint density at radius 2 is 2.00 bits per heavy atom. The Morgan fingerprint density at radius 3 is 2.58 bits per heavy atom. The highest BCUT2D eigenvalue weighted by atomic mass is 16.1. The summed E-state index contributed by atoms with van der Waals surface area (Å²) in [6, 6.07) is 0. The summed E-state index contributed by atoms with van der Waals surface area (Å²) in [5.74, 6) is 1.25. The molecule has 1 rings (SSSR count). The van der Waals surface area contributed by atoms with Crippen LogP contribution in [0, 0.1) is 11.8 Å². The zero-order valence-electron chi connectivity index (χ0n) is 8.05. The number of carbonyl (C=O) groups is 1. The first-order chi connectivity index (χ1) is 5.75. The lowest BCUT2D eigenvalue weighted by atomic mass is 9.78. The molecular weight excluding hydrogens is 148 g/mol. The molecule has 0 spiro atoms. The lowest BCUT2D eigenvalue weighted by Crippen LogP contribution is -2.23. The minimum absolute atomic E-state index is 0.315. The van der Waals surface area contributed by atoms with Crippen LogP contribution in [0.1, 0.15) is 39.5 Å². The monoisotopic (exact) mass is 166 g/mol. The molecule has 1 heteroatoms. The second-order valence-electron chi connectivity index (χ2n) is 3.77. The summed E-state index contributed by atoms with van der Waals surface area (Å²) in [6.45, 7) is 4.11. The fourth-order valence-electron chi connectivity index (χ4n) is 2.03.